The second-order valence-electron chi connectivity index (χ2n) is 6.44. The summed E-state index contributed by atoms with van der Waals surface area (Å²) in [4.78, 5) is 2.21. The van der Waals surface area contributed by atoms with E-state index in [-0.39, 0.29) is 6.04 Å². The summed E-state index contributed by atoms with van der Waals surface area (Å²) >= 11 is 5.47. The maximum Gasteiger partial charge on any atom is 0.166 e. The molecule has 5 heteroatoms. The molecule has 0 heterocycles. The highest BCUT2D eigenvalue weighted by molar-refractivity contribution is 7.80. The lowest BCUT2D eigenvalue weighted by molar-refractivity contribution is 0.297. The lowest BCUT2D eigenvalue weighted by atomic mass is 9.96. The number of nitrogens with one attached hydrogen (secondary N) is 2. The van der Waals surface area contributed by atoms with Gasteiger partial charge in [0.1, 0.15) is 5.75 Å². The topological polar surface area (TPSA) is 36.5 Å². The smallest absolute Gasteiger partial charge is 0.166 e. The van der Waals surface area contributed by atoms with E-state index in [2.05, 4.69) is 41.8 Å². The number of rotatable bonds is 6. The van der Waals surface area contributed by atoms with Gasteiger partial charge in [0.05, 0.1) is 13.2 Å². The Hall–Kier alpha value is -1.33. The van der Waals surface area contributed by atoms with E-state index >= 15 is 0 Å². The van der Waals surface area contributed by atoms with Crippen molar-refractivity contribution in [3.05, 3.63) is 29.8 Å². The van der Waals surface area contributed by atoms with Gasteiger partial charge in [0.15, 0.2) is 5.11 Å². The zero-order chi connectivity index (χ0) is 16.7. The molecule has 0 aromatic heterocycles. The Labute approximate surface area is 145 Å². The number of likely N-dealkylation sites (N-methyl/N-ethyl adjacent to an activating group) is 1. The van der Waals surface area contributed by atoms with Gasteiger partial charge in [-0.3, -0.25) is 0 Å². The first-order valence-corrected chi connectivity index (χ1v) is 8.85. The van der Waals surface area contributed by atoms with E-state index in [1.807, 2.05) is 12.1 Å². The lowest BCUT2D eigenvalue weighted by Gasteiger charge is -2.28. The first-order chi connectivity index (χ1) is 11.1. The normalized spacial score (nSPS) is 16.9. The summed E-state index contributed by atoms with van der Waals surface area (Å²) in [6.45, 7) is 0.790. The Morgan fingerprint density at radius 1 is 1.22 bits per heavy atom. The molecular formula is C18H29N3OS. The molecule has 0 unspecified atom stereocenters. The van der Waals surface area contributed by atoms with E-state index in [0.29, 0.717) is 6.04 Å². The summed E-state index contributed by atoms with van der Waals surface area (Å²) in [7, 11) is 5.87. The number of nitrogens with zero attached hydrogens (tertiary/aromatic N) is 1. The van der Waals surface area contributed by atoms with Gasteiger partial charge in [-0.1, -0.05) is 31.4 Å². The van der Waals surface area contributed by atoms with Crippen LogP contribution < -0.4 is 15.4 Å². The third-order valence-corrected chi connectivity index (χ3v) is 4.78. The number of thiocarbonyl (C=S) groups is 1. The molecule has 1 fully saturated rings. The number of hydrogen-bond donors (Lipinski definition) is 2. The number of hydrogen-bond acceptors (Lipinski definition) is 3. The van der Waals surface area contributed by atoms with E-state index in [4.69, 9.17) is 17.0 Å². The van der Waals surface area contributed by atoms with E-state index in [9.17, 15) is 0 Å². The zero-order valence-electron chi connectivity index (χ0n) is 14.5. The summed E-state index contributed by atoms with van der Waals surface area (Å²) in [5, 5.41) is 7.63. The fourth-order valence-electron chi connectivity index (χ4n) is 3.10. The average molecular weight is 336 g/mol. The van der Waals surface area contributed by atoms with Crippen molar-refractivity contribution in [1.82, 2.24) is 15.5 Å². The van der Waals surface area contributed by atoms with Crippen molar-refractivity contribution < 1.29 is 4.74 Å². The van der Waals surface area contributed by atoms with Crippen LogP contribution >= 0.6 is 12.2 Å². The maximum atomic E-state index is 5.47. The molecule has 1 aliphatic carbocycles. The van der Waals surface area contributed by atoms with Crippen LogP contribution in [0.25, 0.3) is 0 Å². The Morgan fingerprint density at radius 2 is 1.87 bits per heavy atom. The second-order valence-corrected chi connectivity index (χ2v) is 6.85. The molecule has 0 aliphatic heterocycles. The highest BCUT2D eigenvalue weighted by Crippen LogP contribution is 2.21. The van der Waals surface area contributed by atoms with Gasteiger partial charge in [-0.2, -0.15) is 0 Å². The Morgan fingerprint density at radius 3 is 2.43 bits per heavy atom. The predicted octanol–water partition coefficient (Wildman–Crippen LogP) is 3.09. The molecule has 23 heavy (non-hydrogen) atoms. The summed E-state index contributed by atoms with van der Waals surface area (Å²) in [5.74, 6) is 0.883. The molecule has 1 aromatic carbocycles. The van der Waals surface area contributed by atoms with E-state index in [0.717, 1.165) is 17.4 Å². The molecule has 4 nitrogen and oxygen atoms in total. The number of methoxy groups -OCH3 is 1. The number of benzene rings is 1. The maximum absolute atomic E-state index is 5.47. The van der Waals surface area contributed by atoms with Crippen LogP contribution in [0, 0.1) is 0 Å². The minimum Gasteiger partial charge on any atom is -0.497 e. The zero-order valence-corrected chi connectivity index (χ0v) is 15.3. The standard InChI is InChI=1S/C18H29N3OS/c1-21(2)17(14-9-11-16(22-3)12-10-14)13-19-18(23)20-15-7-5-4-6-8-15/h9-12,15,17H,4-8,13H2,1-3H3,(H2,19,20,23)/t17-/m0/s1. The van der Waals surface area contributed by atoms with Crippen molar-refractivity contribution in [1.29, 1.82) is 0 Å². The van der Waals surface area contributed by atoms with E-state index < -0.39 is 0 Å². The van der Waals surface area contributed by atoms with Crippen LogP contribution in [0.4, 0.5) is 0 Å². The molecule has 0 radical (unpaired) electrons. The Kier molecular flexibility index (Phi) is 7.12. The molecule has 0 amide bonds. The van der Waals surface area contributed by atoms with Gasteiger partial charge in [0.2, 0.25) is 0 Å². The fraction of sp³-hybridized carbons (Fsp3) is 0.611. The number of ether oxygens (including phenoxy) is 1. The molecule has 1 saturated carbocycles. The average Bonchev–Trinajstić information content (AvgIpc) is 2.56. The van der Waals surface area contributed by atoms with Crippen LogP contribution in [0.2, 0.25) is 0 Å². The van der Waals surface area contributed by atoms with Gasteiger partial charge >= 0.3 is 0 Å². The Balaban J connectivity index is 1.87. The van der Waals surface area contributed by atoms with Crippen molar-refractivity contribution >= 4 is 17.3 Å². The molecule has 1 aromatic rings. The molecule has 2 rings (SSSR count). The van der Waals surface area contributed by atoms with Gasteiger partial charge in [-0.15, -0.1) is 0 Å². The third-order valence-electron chi connectivity index (χ3n) is 4.52. The van der Waals surface area contributed by atoms with Crippen LogP contribution in [0.5, 0.6) is 5.75 Å². The molecule has 1 atom stereocenters. The van der Waals surface area contributed by atoms with Crippen LogP contribution in [-0.4, -0.2) is 43.8 Å². The minimum atomic E-state index is 0.270. The third kappa shape index (κ3) is 5.66. The molecular weight excluding hydrogens is 306 g/mol. The fourth-order valence-corrected chi connectivity index (χ4v) is 3.35. The minimum absolute atomic E-state index is 0.270. The molecule has 0 bridgehead atoms. The van der Waals surface area contributed by atoms with Crippen molar-refractivity contribution in [3.8, 4) is 5.75 Å². The van der Waals surface area contributed by atoms with Gasteiger partial charge in [0, 0.05) is 12.6 Å². The summed E-state index contributed by atoms with van der Waals surface area (Å²) < 4.78 is 5.23. The summed E-state index contributed by atoms with van der Waals surface area (Å²) in [5.41, 5.74) is 1.25. The van der Waals surface area contributed by atoms with E-state index in [1.54, 1.807) is 7.11 Å². The molecule has 2 N–H and O–H groups in total. The highest BCUT2D eigenvalue weighted by Gasteiger charge is 2.17. The second kappa shape index (κ2) is 9.08. The monoisotopic (exact) mass is 335 g/mol. The SMILES string of the molecule is COc1ccc([C@H](CNC(=S)NC2CCCCC2)N(C)C)cc1. The molecule has 0 spiro atoms. The van der Waals surface area contributed by atoms with Crippen molar-refractivity contribution in [2.75, 3.05) is 27.7 Å². The first-order valence-electron chi connectivity index (χ1n) is 8.45. The van der Waals surface area contributed by atoms with Gasteiger partial charge < -0.3 is 20.3 Å². The van der Waals surface area contributed by atoms with E-state index in [1.165, 1.54) is 37.7 Å². The van der Waals surface area contributed by atoms with Crippen LogP contribution in [0.3, 0.4) is 0 Å². The molecule has 1 aliphatic rings. The van der Waals surface area contributed by atoms with Crippen LogP contribution in [0.15, 0.2) is 24.3 Å². The van der Waals surface area contributed by atoms with Gasteiger partial charge in [0.25, 0.3) is 0 Å². The van der Waals surface area contributed by atoms with Crippen LogP contribution in [0.1, 0.15) is 43.7 Å². The lowest BCUT2D eigenvalue weighted by Crippen LogP contribution is -2.45. The first kappa shape index (κ1) is 18.0. The highest BCUT2D eigenvalue weighted by atomic mass is 32.1. The van der Waals surface area contributed by atoms with Gasteiger partial charge in [-0.05, 0) is 56.9 Å². The van der Waals surface area contributed by atoms with Crippen LogP contribution in [-0.2, 0) is 0 Å². The van der Waals surface area contributed by atoms with Crippen molar-refractivity contribution in [3.63, 3.8) is 0 Å². The van der Waals surface area contributed by atoms with Crippen molar-refractivity contribution in [2.45, 2.75) is 44.2 Å². The molecule has 0 saturated heterocycles. The van der Waals surface area contributed by atoms with Crippen molar-refractivity contribution in [2.24, 2.45) is 0 Å². The summed E-state index contributed by atoms with van der Waals surface area (Å²) in [6.07, 6.45) is 6.45. The Bertz CT molecular complexity index is 484. The predicted molar refractivity (Wildman–Crippen MR) is 100 cm³/mol. The quantitative estimate of drug-likeness (QED) is 0.781. The van der Waals surface area contributed by atoms with Gasteiger partial charge in [-0.25, -0.2) is 0 Å². The largest absolute Gasteiger partial charge is 0.497 e. The molecule has 128 valence electrons. The summed E-state index contributed by atoms with van der Waals surface area (Å²) in [6, 6.07) is 9.05.